The van der Waals surface area contributed by atoms with E-state index in [-0.39, 0.29) is 17.4 Å². The number of likely N-dealkylation sites (tertiary alicyclic amines) is 1. The van der Waals surface area contributed by atoms with Crippen molar-refractivity contribution in [1.29, 1.82) is 0 Å². The largest absolute Gasteiger partial charge is 0.462 e. The fraction of sp³-hybridized carbons (Fsp3) is 0.750. The number of nitrogens with zero attached hydrogens (tertiary/aromatic N) is 2. The maximum absolute atomic E-state index is 13.8. The Balaban J connectivity index is 0. The zero-order valence-electron chi connectivity index (χ0n) is 40.3. The van der Waals surface area contributed by atoms with Gasteiger partial charge in [-0.3, -0.25) is 34.1 Å². The molecule has 1 aromatic carbocycles. The topological polar surface area (TPSA) is 143 Å². The molecule has 346 valence electrons. The Morgan fingerprint density at radius 2 is 1.57 bits per heavy atom. The molecule has 0 bridgehead atoms. The van der Waals surface area contributed by atoms with Crippen molar-refractivity contribution < 1.29 is 24.3 Å². The number of carbonyl (C=O) groups excluding carboxylic acids is 4. The van der Waals surface area contributed by atoms with Crippen molar-refractivity contribution in [1.82, 2.24) is 30.5 Å². The molecule has 1 saturated heterocycles. The number of terminal acetylenes is 1. The number of aliphatic hydroxyl groups is 1. The normalized spacial score (nSPS) is 17.9. The predicted molar refractivity (Wildman–Crippen MR) is 254 cm³/mol. The van der Waals surface area contributed by atoms with Crippen LogP contribution in [0, 0.1) is 35.7 Å². The summed E-state index contributed by atoms with van der Waals surface area (Å²) in [7, 11) is 2.14. The first-order valence-electron chi connectivity index (χ1n) is 22.8. The lowest BCUT2D eigenvalue weighted by Crippen LogP contribution is -2.56. The summed E-state index contributed by atoms with van der Waals surface area (Å²) in [4.78, 5) is 49.8. The van der Waals surface area contributed by atoms with Gasteiger partial charge in [0.1, 0.15) is 6.11 Å². The number of unbranched alkanes of at least 4 members (excludes halogenated alkanes) is 2. The highest BCUT2D eigenvalue weighted by Crippen LogP contribution is 2.32. The van der Waals surface area contributed by atoms with Crippen molar-refractivity contribution in [3.63, 3.8) is 0 Å². The van der Waals surface area contributed by atoms with Crippen LogP contribution in [0.4, 0.5) is 0 Å². The number of carbonyl (C=O) groups is 4. The van der Waals surface area contributed by atoms with Gasteiger partial charge < -0.3 is 20.6 Å². The number of hydrogen-bond donors (Lipinski definition) is 5. The van der Waals surface area contributed by atoms with Gasteiger partial charge in [-0.25, -0.2) is 0 Å². The van der Waals surface area contributed by atoms with E-state index in [0.29, 0.717) is 55.9 Å². The summed E-state index contributed by atoms with van der Waals surface area (Å²) in [6.07, 6.45) is 18.0. The van der Waals surface area contributed by atoms with E-state index in [0.717, 1.165) is 64.5 Å². The van der Waals surface area contributed by atoms with Crippen molar-refractivity contribution in [2.45, 2.75) is 171 Å². The van der Waals surface area contributed by atoms with Crippen LogP contribution in [0.5, 0.6) is 0 Å². The Bertz CT molecular complexity index is 1320. The summed E-state index contributed by atoms with van der Waals surface area (Å²) in [5.74, 6) is 0.624. The molecule has 0 radical (unpaired) electrons. The third kappa shape index (κ3) is 23.8. The van der Waals surface area contributed by atoms with Crippen LogP contribution in [-0.4, -0.2) is 102 Å². The molecule has 0 aromatic heterocycles. The minimum absolute atomic E-state index is 0.133. The highest BCUT2D eigenvalue weighted by Gasteiger charge is 2.39. The molecular formula is C48H88N6O5S. The molecule has 1 aromatic rings. The molecule has 2 aliphatic carbocycles. The lowest BCUT2D eigenvalue weighted by atomic mass is 9.87. The van der Waals surface area contributed by atoms with Crippen LogP contribution in [0.15, 0.2) is 24.3 Å². The van der Waals surface area contributed by atoms with E-state index in [9.17, 15) is 19.2 Å². The number of rotatable bonds is 19. The second-order valence-corrected chi connectivity index (χ2v) is 17.8. The van der Waals surface area contributed by atoms with Gasteiger partial charge in [-0.2, -0.15) is 0 Å². The van der Waals surface area contributed by atoms with Crippen LogP contribution >= 0.6 is 11.9 Å². The number of ketones is 1. The summed E-state index contributed by atoms with van der Waals surface area (Å²) >= 11 is 1.76. The SMILES string of the molecule is C#CO.CC.CC.CCC.CCCCCC(NC=O)C(=O)C(=O)NCC1CC1.CSN(C)CC(NCNC(C(=O)N1CC(C)CC1C)C1Cc2ccccc2C1)C(C)(C)C. The molecule has 3 aliphatic rings. The number of benzene rings is 1. The second-order valence-electron chi connectivity index (χ2n) is 16.8. The Kier molecular flexibility index (Phi) is 33.9. The van der Waals surface area contributed by atoms with Crippen molar-refractivity contribution in [2.24, 2.45) is 23.2 Å². The number of nitrogens with one attached hydrogen (secondary N) is 4. The molecular weight excluding hydrogens is 773 g/mol. The number of hydrogen-bond acceptors (Lipinski definition) is 9. The molecule has 5 unspecified atom stereocenters. The van der Waals surface area contributed by atoms with Crippen LogP contribution in [-0.2, 0) is 32.0 Å². The van der Waals surface area contributed by atoms with Crippen molar-refractivity contribution in [3.05, 3.63) is 35.4 Å². The monoisotopic (exact) mass is 861 g/mol. The molecule has 3 amide bonds. The van der Waals surface area contributed by atoms with E-state index in [1.807, 2.05) is 27.7 Å². The molecule has 1 heterocycles. The van der Waals surface area contributed by atoms with Crippen molar-refractivity contribution in [3.8, 4) is 12.5 Å². The third-order valence-corrected chi connectivity index (χ3v) is 11.3. The fourth-order valence-corrected chi connectivity index (χ4v) is 7.41. The maximum atomic E-state index is 13.8. The van der Waals surface area contributed by atoms with Gasteiger partial charge in [-0.15, -0.1) is 0 Å². The summed E-state index contributed by atoms with van der Waals surface area (Å²) in [6.45, 7) is 28.7. The summed E-state index contributed by atoms with van der Waals surface area (Å²) < 4.78 is 2.27. The van der Waals surface area contributed by atoms with E-state index >= 15 is 0 Å². The Morgan fingerprint density at radius 1 is 1.02 bits per heavy atom. The van der Waals surface area contributed by atoms with E-state index in [4.69, 9.17) is 5.11 Å². The zero-order valence-corrected chi connectivity index (χ0v) is 41.1. The van der Waals surface area contributed by atoms with Gasteiger partial charge in [-0.1, -0.05) is 144 Å². The average Bonchev–Trinajstić information content (AvgIpc) is 3.86. The minimum Gasteiger partial charge on any atom is -0.462 e. The van der Waals surface area contributed by atoms with E-state index in [1.54, 1.807) is 11.9 Å². The van der Waals surface area contributed by atoms with Gasteiger partial charge in [0.05, 0.1) is 12.1 Å². The molecule has 2 fully saturated rings. The van der Waals surface area contributed by atoms with Crippen molar-refractivity contribution >= 4 is 36.0 Å². The maximum Gasteiger partial charge on any atom is 0.289 e. The van der Waals surface area contributed by atoms with Gasteiger partial charge in [0.2, 0.25) is 18.1 Å². The van der Waals surface area contributed by atoms with Gasteiger partial charge in [0, 0.05) is 38.4 Å². The van der Waals surface area contributed by atoms with E-state index in [2.05, 4.69) is 130 Å². The van der Waals surface area contributed by atoms with Gasteiger partial charge in [-0.05, 0) is 93.0 Å². The zero-order chi connectivity index (χ0) is 46.3. The number of Topliss-reactive ketones (excluding diaryl/α,β-unsaturated/α-hetero) is 1. The minimum atomic E-state index is -0.673. The van der Waals surface area contributed by atoms with Gasteiger partial charge in [0.25, 0.3) is 5.91 Å². The van der Waals surface area contributed by atoms with Crippen LogP contribution in [0.25, 0.3) is 0 Å². The average molecular weight is 861 g/mol. The van der Waals surface area contributed by atoms with Crippen molar-refractivity contribution in [2.75, 3.05) is 39.6 Å². The lowest BCUT2D eigenvalue weighted by molar-refractivity contribution is -0.139. The molecule has 60 heavy (non-hydrogen) atoms. The summed E-state index contributed by atoms with van der Waals surface area (Å²) in [5.41, 5.74) is 2.94. The lowest BCUT2D eigenvalue weighted by Gasteiger charge is -2.36. The summed E-state index contributed by atoms with van der Waals surface area (Å²) in [5, 5.41) is 19.6. The van der Waals surface area contributed by atoms with Crippen LogP contribution in [0.3, 0.4) is 0 Å². The highest BCUT2D eigenvalue weighted by atomic mass is 32.2. The molecule has 12 heteroatoms. The Hall–Kier alpha value is -3.11. The van der Waals surface area contributed by atoms with Crippen LogP contribution in [0.2, 0.25) is 0 Å². The molecule has 5 N–H and O–H groups in total. The van der Waals surface area contributed by atoms with Gasteiger partial charge >= 0.3 is 0 Å². The third-order valence-electron chi connectivity index (χ3n) is 10.5. The first kappa shape index (κ1) is 59.0. The highest BCUT2D eigenvalue weighted by molar-refractivity contribution is 7.96. The molecule has 5 atom stereocenters. The Morgan fingerprint density at radius 3 is 2.00 bits per heavy atom. The van der Waals surface area contributed by atoms with Gasteiger partial charge in [0.15, 0.2) is 0 Å². The van der Waals surface area contributed by atoms with Crippen LogP contribution < -0.4 is 21.3 Å². The first-order chi connectivity index (χ1) is 28.6. The summed E-state index contributed by atoms with van der Waals surface area (Å²) in [6, 6.07) is 8.52. The predicted octanol–water partition coefficient (Wildman–Crippen LogP) is 7.98. The number of likely N-dealkylation sites (N-methyl/N-ethyl adjacent to an activating group) is 1. The molecule has 1 aliphatic heterocycles. The first-order valence-corrected chi connectivity index (χ1v) is 24.0. The smallest absolute Gasteiger partial charge is 0.289 e. The number of aliphatic hydroxyl groups excluding tert-OH is 1. The van der Waals surface area contributed by atoms with E-state index < -0.39 is 17.7 Å². The quantitative estimate of drug-likeness (QED) is 0.0234. The second kappa shape index (κ2) is 34.5. The molecule has 1 saturated carbocycles. The standard InChI is InChI=1S/C26H44N4OS.C13H22N2O3.C3H8.C2H2O.2C2H6/c1-18-12-19(2)30(15-18)25(31)24(22-13-20-10-8-9-11-21(20)14-22)28-17-27-23(26(3,4)5)16-29(6)32-7;1-2-3-4-5-11(15-9-16)12(17)13(18)14-8-10-6-7-10;1-3-2;1-2-3;2*1-2/h8-11,18-19,22-24,27-28H,12-17H2,1-7H3;9-11H,2-8H2,1H3,(H,14,18)(H,15,16);3H2,1-2H3;1,3H;2*1-2H3. The Labute approximate surface area is 371 Å². The number of fused-ring (bicyclic) bond motifs is 1. The van der Waals surface area contributed by atoms with Crippen LogP contribution in [0.1, 0.15) is 146 Å². The fourth-order valence-electron chi connectivity index (χ4n) is 7.11. The van der Waals surface area contributed by atoms with E-state index in [1.165, 1.54) is 23.7 Å². The molecule has 4 rings (SSSR count). The molecule has 0 spiro atoms. The number of amides is 3. The molecule has 11 nitrogen and oxygen atoms in total.